The Bertz CT molecular complexity index is 912. The molecule has 1 aliphatic rings. The van der Waals surface area contributed by atoms with Crippen LogP contribution in [0.15, 0.2) is 35.2 Å². The quantitative estimate of drug-likeness (QED) is 0.763. The number of hydrogen-bond acceptors (Lipinski definition) is 3. The van der Waals surface area contributed by atoms with Crippen molar-refractivity contribution in [2.45, 2.75) is 58.3 Å². The molecule has 0 atom stereocenters. The number of anilines is 2. The molecule has 3 rings (SSSR count). The van der Waals surface area contributed by atoms with Crippen molar-refractivity contribution in [2.75, 3.05) is 22.7 Å². The standard InChI is InChI=1S/C22H30N2O2S/c1-5-8-19-9-11-20(12-10-19)27(25,26)23-21-16(2)15-17(3)22(18(21)4)24-13-6-7-14-24/h9-12,15,23H,5-8,13-14H2,1-4H3. The molecule has 0 unspecified atom stereocenters. The van der Waals surface area contributed by atoms with Gasteiger partial charge in [0.15, 0.2) is 0 Å². The maximum Gasteiger partial charge on any atom is 0.261 e. The zero-order valence-corrected chi connectivity index (χ0v) is 17.6. The van der Waals surface area contributed by atoms with E-state index in [9.17, 15) is 8.42 Å². The van der Waals surface area contributed by atoms with E-state index in [1.54, 1.807) is 12.1 Å². The molecule has 5 heteroatoms. The van der Waals surface area contributed by atoms with E-state index in [0.717, 1.165) is 42.6 Å². The molecule has 146 valence electrons. The van der Waals surface area contributed by atoms with Crippen molar-refractivity contribution in [3.8, 4) is 0 Å². The topological polar surface area (TPSA) is 49.4 Å². The molecule has 1 saturated heterocycles. The summed E-state index contributed by atoms with van der Waals surface area (Å²) in [5.41, 5.74) is 6.23. The highest BCUT2D eigenvalue weighted by molar-refractivity contribution is 7.92. The average molecular weight is 387 g/mol. The zero-order chi connectivity index (χ0) is 19.6. The van der Waals surface area contributed by atoms with Crippen LogP contribution in [-0.2, 0) is 16.4 Å². The molecule has 4 nitrogen and oxygen atoms in total. The lowest BCUT2D eigenvalue weighted by Crippen LogP contribution is -2.22. The van der Waals surface area contributed by atoms with Crippen molar-refractivity contribution >= 4 is 21.4 Å². The van der Waals surface area contributed by atoms with Crippen molar-refractivity contribution in [1.82, 2.24) is 0 Å². The van der Waals surface area contributed by atoms with Gasteiger partial charge in [0.2, 0.25) is 0 Å². The third-order valence-corrected chi connectivity index (χ3v) is 6.73. The third kappa shape index (κ3) is 4.13. The zero-order valence-electron chi connectivity index (χ0n) is 16.8. The molecule has 0 saturated carbocycles. The van der Waals surface area contributed by atoms with Crippen molar-refractivity contribution in [2.24, 2.45) is 0 Å². The Balaban J connectivity index is 1.95. The number of nitrogens with one attached hydrogen (secondary N) is 1. The molecule has 1 aliphatic heterocycles. The maximum absolute atomic E-state index is 13.0. The van der Waals surface area contributed by atoms with Gasteiger partial charge in [0.05, 0.1) is 10.6 Å². The van der Waals surface area contributed by atoms with Gasteiger partial charge in [-0.1, -0.05) is 31.5 Å². The minimum absolute atomic E-state index is 0.310. The molecule has 0 amide bonds. The Morgan fingerprint density at radius 2 is 1.63 bits per heavy atom. The number of aryl methyl sites for hydroxylation is 3. The van der Waals surface area contributed by atoms with Gasteiger partial charge in [-0.15, -0.1) is 0 Å². The van der Waals surface area contributed by atoms with E-state index < -0.39 is 10.0 Å². The van der Waals surface area contributed by atoms with Crippen molar-refractivity contribution < 1.29 is 8.42 Å². The molecular formula is C22H30N2O2S. The lowest BCUT2D eigenvalue weighted by atomic mass is 10.0. The van der Waals surface area contributed by atoms with Crippen LogP contribution in [-0.4, -0.2) is 21.5 Å². The Morgan fingerprint density at radius 1 is 1.00 bits per heavy atom. The highest BCUT2D eigenvalue weighted by atomic mass is 32.2. The van der Waals surface area contributed by atoms with Gasteiger partial charge in [-0.2, -0.15) is 0 Å². The minimum atomic E-state index is -3.61. The second-order valence-electron chi connectivity index (χ2n) is 7.55. The van der Waals surface area contributed by atoms with Crippen LogP contribution in [0.5, 0.6) is 0 Å². The second-order valence-corrected chi connectivity index (χ2v) is 9.23. The van der Waals surface area contributed by atoms with Gasteiger partial charge in [-0.3, -0.25) is 4.72 Å². The fourth-order valence-electron chi connectivity index (χ4n) is 4.08. The lowest BCUT2D eigenvalue weighted by Gasteiger charge is -2.26. The smallest absolute Gasteiger partial charge is 0.261 e. The molecule has 0 bridgehead atoms. The predicted molar refractivity (Wildman–Crippen MR) is 113 cm³/mol. The third-order valence-electron chi connectivity index (χ3n) is 5.36. The van der Waals surface area contributed by atoms with Gasteiger partial charge in [0.25, 0.3) is 10.0 Å². The van der Waals surface area contributed by atoms with Crippen LogP contribution >= 0.6 is 0 Å². The van der Waals surface area contributed by atoms with Crippen molar-refractivity contribution in [1.29, 1.82) is 0 Å². The first kappa shape index (κ1) is 19.7. The summed E-state index contributed by atoms with van der Waals surface area (Å²) >= 11 is 0. The maximum atomic E-state index is 13.0. The molecule has 0 aliphatic carbocycles. The molecule has 2 aromatic carbocycles. The summed E-state index contributed by atoms with van der Waals surface area (Å²) in [4.78, 5) is 2.69. The van der Waals surface area contributed by atoms with Gasteiger partial charge < -0.3 is 4.90 Å². The summed E-state index contributed by atoms with van der Waals surface area (Å²) in [6.07, 6.45) is 4.39. The van der Waals surface area contributed by atoms with E-state index >= 15 is 0 Å². The van der Waals surface area contributed by atoms with Crippen LogP contribution < -0.4 is 9.62 Å². The minimum Gasteiger partial charge on any atom is -0.371 e. The Labute approximate surface area is 163 Å². The number of benzene rings is 2. The lowest BCUT2D eigenvalue weighted by molar-refractivity contribution is 0.601. The first-order chi connectivity index (χ1) is 12.8. The first-order valence-electron chi connectivity index (χ1n) is 9.81. The molecule has 1 N–H and O–H groups in total. The molecule has 27 heavy (non-hydrogen) atoms. The highest BCUT2D eigenvalue weighted by Gasteiger charge is 2.22. The normalized spacial score (nSPS) is 14.6. The number of sulfonamides is 1. The molecule has 0 radical (unpaired) electrons. The highest BCUT2D eigenvalue weighted by Crippen LogP contribution is 2.36. The van der Waals surface area contributed by atoms with Crippen molar-refractivity contribution in [3.05, 3.63) is 52.6 Å². The van der Waals surface area contributed by atoms with Crippen LogP contribution in [0.4, 0.5) is 11.4 Å². The molecule has 0 spiro atoms. The monoisotopic (exact) mass is 386 g/mol. The molecule has 1 fully saturated rings. The summed E-state index contributed by atoms with van der Waals surface area (Å²) in [6, 6.07) is 9.30. The summed E-state index contributed by atoms with van der Waals surface area (Å²) < 4.78 is 28.8. The van der Waals surface area contributed by atoms with Crippen LogP contribution in [0.3, 0.4) is 0 Å². The summed E-state index contributed by atoms with van der Waals surface area (Å²) in [7, 11) is -3.61. The van der Waals surface area contributed by atoms with Gasteiger partial charge in [0, 0.05) is 18.8 Å². The number of rotatable bonds is 6. The van der Waals surface area contributed by atoms with E-state index in [4.69, 9.17) is 0 Å². The number of hydrogen-bond donors (Lipinski definition) is 1. The van der Waals surface area contributed by atoms with Gasteiger partial charge in [0.1, 0.15) is 0 Å². The van der Waals surface area contributed by atoms with E-state index in [0.29, 0.717) is 10.6 Å². The Kier molecular flexibility index (Phi) is 5.80. The molecule has 1 heterocycles. The molecule has 0 aromatic heterocycles. The van der Waals surface area contributed by atoms with E-state index in [-0.39, 0.29) is 0 Å². The Morgan fingerprint density at radius 3 is 2.22 bits per heavy atom. The van der Waals surface area contributed by atoms with E-state index in [2.05, 4.69) is 29.5 Å². The van der Waals surface area contributed by atoms with Crippen LogP contribution in [0.1, 0.15) is 48.4 Å². The SMILES string of the molecule is CCCc1ccc(S(=O)(=O)Nc2c(C)cc(C)c(N3CCCC3)c2C)cc1. The van der Waals surface area contributed by atoms with Crippen molar-refractivity contribution in [3.63, 3.8) is 0 Å². The summed E-state index contributed by atoms with van der Waals surface area (Å²) in [5.74, 6) is 0. The predicted octanol–water partition coefficient (Wildman–Crippen LogP) is 4.97. The molecule has 2 aromatic rings. The van der Waals surface area contributed by atoms with Crippen LogP contribution in [0, 0.1) is 20.8 Å². The fraction of sp³-hybridized carbons (Fsp3) is 0.455. The van der Waals surface area contributed by atoms with Gasteiger partial charge >= 0.3 is 0 Å². The van der Waals surface area contributed by atoms with E-state index in [1.165, 1.54) is 24.1 Å². The van der Waals surface area contributed by atoms with Gasteiger partial charge in [-0.25, -0.2) is 8.42 Å². The second kappa shape index (κ2) is 7.93. The Hall–Kier alpha value is -2.01. The largest absolute Gasteiger partial charge is 0.371 e. The van der Waals surface area contributed by atoms with E-state index in [1.807, 2.05) is 26.0 Å². The summed E-state index contributed by atoms with van der Waals surface area (Å²) in [5, 5.41) is 0. The van der Waals surface area contributed by atoms with Gasteiger partial charge in [-0.05, 0) is 74.4 Å². The first-order valence-corrected chi connectivity index (χ1v) is 11.3. The van der Waals surface area contributed by atoms with Crippen LogP contribution in [0.2, 0.25) is 0 Å². The fourth-order valence-corrected chi connectivity index (χ4v) is 5.27. The van der Waals surface area contributed by atoms with Crippen LogP contribution in [0.25, 0.3) is 0 Å². The summed E-state index contributed by atoms with van der Waals surface area (Å²) in [6.45, 7) is 10.3. The number of nitrogens with zero attached hydrogens (tertiary/aromatic N) is 1. The average Bonchev–Trinajstić information content (AvgIpc) is 3.13. The molecular weight excluding hydrogens is 356 g/mol.